The zero-order valence-electron chi connectivity index (χ0n) is 15.6. The molecule has 0 saturated heterocycles. The number of carbonyl (C=O) groups excluding carboxylic acids is 2. The number of nitrogens with one attached hydrogen (secondary N) is 1. The lowest BCUT2D eigenvalue weighted by molar-refractivity contribution is -0.137. The molecule has 0 radical (unpaired) electrons. The molecule has 1 N–H and O–H groups in total. The lowest BCUT2D eigenvalue weighted by Gasteiger charge is -2.14. The van der Waals surface area contributed by atoms with Gasteiger partial charge in [-0.25, -0.2) is 0 Å². The summed E-state index contributed by atoms with van der Waals surface area (Å²) in [6.45, 7) is 2.46. The number of rotatable bonds is 7. The molecule has 0 aliphatic carbocycles. The summed E-state index contributed by atoms with van der Waals surface area (Å²) in [5, 5.41) is 3.11. The van der Waals surface area contributed by atoms with Crippen LogP contribution in [0.25, 0.3) is 5.57 Å². The first-order chi connectivity index (χ1) is 13.0. The van der Waals surface area contributed by atoms with Crippen molar-refractivity contribution in [2.45, 2.75) is 6.92 Å². The maximum Gasteiger partial charge on any atom is 0.278 e. The molecule has 0 atom stereocenters. The van der Waals surface area contributed by atoms with E-state index in [1.54, 1.807) is 13.2 Å². The Morgan fingerprint density at radius 3 is 2.41 bits per heavy atom. The molecule has 0 bridgehead atoms. The Bertz CT molecular complexity index is 887. The highest BCUT2D eigenvalue weighted by Crippen LogP contribution is 2.31. The second kappa shape index (κ2) is 8.05. The predicted molar refractivity (Wildman–Crippen MR) is 103 cm³/mol. The average Bonchev–Trinajstić information content (AvgIpc) is 2.91. The number of hydrogen-bond acceptors (Lipinski definition) is 5. The van der Waals surface area contributed by atoms with Crippen molar-refractivity contribution in [1.29, 1.82) is 0 Å². The minimum absolute atomic E-state index is 0.201. The van der Waals surface area contributed by atoms with Gasteiger partial charge in [0.25, 0.3) is 11.8 Å². The van der Waals surface area contributed by atoms with Crippen LogP contribution in [0.2, 0.25) is 0 Å². The quantitative estimate of drug-likeness (QED) is 0.763. The van der Waals surface area contributed by atoms with E-state index in [0.717, 1.165) is 5.56 Å². The summed E-state index contributed by atoms with van der Waals surface area (Å²) < 4.78 is 10.3. The molecule has 6 heteroatoms. The molecule has 2 aromatic carbocycles. The molecule has 0 fully saturated rings. The van der Waals surface area contributed by atoms with Crippen molar-refractivity contribution >= 4 is 23.1 Å². The third kappa shape index (κ3) is 3.85. The van der Waals surface area contributed by atoms with Crippen LogP contribution in [-0.4, -0.2) is 44.1 Å². The largest absolute Gasteiger partial charge is 0.497 e. The number of carbonyl (C=O) groups is 2. The molecule has 6 nitrogen and oxygen atoms in total. The summed E-state index contributed by atoms with van der Waals surface area (Å²) in [4.78, 5) is 27.1. The highest BCUT2D eigenvalue weighted by atomic mass is 16.5. The van der Waals surface area contributed by atoms with E-state index in [1.807, 2.05) is 49.4 Å². The molecule has 0 unspecified atom stereocenters. The molecule has 1 aliphatic heterocycles. The first-order valence-electron chi connectivity index (χ1n) is 8.62. The number of aryl methyl sites for hydroxylation is 1. The topological polar surface area (TPSA) is 67.9 Å². The standard InChI is InChI=1S/C21H22N2O4/c1-14-7-9-15(10-8-14)18-19(21(25)23(20(18)24)11-12-26-2)22-16-5-4-6-17(13-16)27-3/h4-10,13,22H,11-12H2,1-3H3. The molecule has 140 valence electrons. The Kier molecular flexibility index (Phi) is 5.57. The van der Waals surface area contributed by atoms with Gasteiger partial charge in [-0.05, 0) is 24.6 Å². The van der Waals surface area contributed by atoms with Crippen molar-refractivity contribution in [3.8, 4) is 5.75 Å². The van der Waals surface area contributed by atoms with Gasteiger partial charge in [-0.1, -0.05) is 35.9 Å². The predicted octanol–water partition coefficient (Wildman–Crippen LogP) is 2.84. The van der Waals surface area contributed by atoms with Crippen molar-refractivity contribution < 1.29 is 19.1 Å². The summed E-state index contributed by atoms with van der Waals surface area (Å²) in [6.07, 6.45) is 0. The SMILES string of the molecule is COCCN1C(=O)C(Nc2cccc(OC)c2)=C(c2ccc(C)cc2)C1=O. The summed E-state index contributed by atoms with van der Waals surface area (Å²) in [5.41, 5.74) is 3.06. The van der Waals surface area contributed by atoms with Gasteiger partial charge in [0, 0.05) is 18.9 Å². The number of benzene rings is 2. The van der Waals surface area contributed by atoms with Crippen LogP contribution in [0.5, 0.6) is 5.75 Å². The van der Waals surface area contributed by atoms with E-state index >= 15 is 0 Å². The number of anilines is 1. The van der Waals surface area contributed by atoms with Crippen LogP contribution in [0.4, 0.5) is 5.69 Å². The molecule has 3 rings (SSSR count). The van der Waals surface area contributed by atoms with E-state index in [4.69, 9.17) is 9.47 Å². The van der Waals surface area contributed by atoms with Crippen LogP contribution in [0.15, 0.2) is 54.2 Å². The van der Waals surface area contributed by atoms with Crippen molar-refractivity contribution in [1.82, 2.24) is 4.90 Å². The Morgan fingerprint density at radius 2 is 1.74 bits per heavy atom. The fraction of sp³-hybridized carbons (Fsp3) is 0.238. The van der Waals surface area contributed by atoms with Crippen molar-refractivity contribution in [3.63, 3.8) is 0 Å². The summed E-state index contributed by atoms with van der Waals surface area (Å²) >= 11 is 0. The van der Waals surface area contributed by atoms with Gasteiger partial charge in [0.15, 0.2) is 0 Å². The number of methoxy groups -OCH3 is 2. The molecular formula is C21H22N2O4. The highest BCUT2D eigenvalue weighted by molar-refractivity contribution is 6.36. The zero-order chi connectivity index (χ0) is 19.4. The van der Waals surface area contributed by atoms with Gasteiger partial charge in [-0.15, -0.1) is 0 Å². The number of nitrogens with zero attached hydrogens (tertiary/aromatic N) is 1. The van der Waals surface area contributed by atoms with Gasteiger partial charge in [0.1, 0.15) is 11.4 Å². The number of ether oxygens (including phenoxy) is 2. The maximum absolute atomic E-state index is 13.0. The number of hydrogen-bond donors (Lipinski definition) is 1. The molecule has 0 aromatic heterocycles. The van der Waals surface area contributed by atoms with Crippen LogP contribution in [0.3, 0.4) is 0 Å². The van der Waals surface area contributed by atoms with Crippen LogP contribution in [0.1, 0.15) is 11.1 Å². The summed E-state index contributed by atoms with van der Waals surface area (Å²) in [7, 11) is 3.11. The fourth-order valence-electron chi connectivity index (χ4n) is 2.91. The second-order valence-electron chi connectivity index (χ2n) is 6.23. The number of amides is 2. The third-order valence-electron chi connectivity index (χ3n) is 4.37. The van der Waals surface area contributed by atoms with Crippen LogP contribution in [-0.2, 0) is 14.3 Å². The first kappa shape index (κ1) is 18.7. The average molecular weight is 366 g/mol. The van der Waals surface area contributed by atoms with E-state index in [-0.39, 0.29) is 30.7 Å². The van der Waals surface area contributed by atoms with Crippen molar-refractivity contribution in [2.24, 2.45) is 0 Å². The third-order valence-corrected chi connectivity index (χ3v) is 4.37. The van der Waals surface area contributed by atoms with Gasteiger partial charge < -0.3 is 14.8 Å². The van der Waals surface area contributed by atoms with Crippen LogP contribution in [0, 0.1) is 6.92 Å². The Labute approximate surface area is 158 Å². The molecule has 0 spiro atoms. The minimum Gasteiger partial charge on any atom is -0.497 e. The van der Waals surface area contributed by atoms with Gasteiger partial charge in [-0.2, -0.15) is 0 Å². The summed E-state index contributed by atoms with van der Waals surface area (Å²) in [6, 6.07) is 14.8. The highest BCUT2D eigenvalue weighted by Gasteiger charge is 2.38. The zero-order valence-corrected chi connectivity index (χ0v) is 15.6. The number of imide groups is 1. The smallest absolute Gasteiger partial charge is 0.278 e. The monoisotopic (exact) mass is 366 g/mol. The molecule has 27 heavy (non-hydrogen) atoms. The van der Waals surface area contributed by atoms with Gasteiger partial charge >= 0.3 is 0 Å². The fourth-order valence-corrected chi connectivity index (χ4v) is 2.91. The van der Waals surface area contributed by atoms with Crippen molar-refractivity contribution in [2.75, 3.05) is 32.7 Å². The second-order valence-corrected chi connectivity index (χ2v) is 6.23. The Balaban J connectivity index is 2.02. The molecule has 1 heterocycles. The molecule has 2 amide bonds. The molecule has 2 aromatic rings. The minimum atomic E-state index is -0.365. The lowest BCUT2D eigenvalue weighted by atomic mass is 10.0. The molecular weight excluding hydrogens is 344 g/mol. The van der Waals surface area contributed by atoms with Gasteiger partial charge in [0.2, 0.25) is 0 Å². The lowest BCUT2D eigenvalue weighted by Crippen LogP contribution is -2.35. The molecule has 1 aliphatic rings. The maximum atomic E-state index is 13.0. The van der Waals surface area contributed by atoms with E-state index in [1.165, 1.54) is 12.0 Å². The normalized spacial score (nSPS) is 14.1. The van der Waals surface area contributed by atoms with Gasteiger partial charge in [0.05, 0.1) is 25.8 Å². The summed E-state index contributed by atoms with van der Waals surface area (Å²) in [5.74, 6) is -0.0350. The van der Waals surface area contributed by atoms with E-state index < -0.39 is 0 Å². The van der Waals surface area contributed by atoms with Crippen LogP contribution < -0.4 is 10.1 Å². The van der Waals surface area contributed by atoms with E-state index in [2.05, 4.69) is 5.32 Å². The van der Waals surface area contributed by atoms with E-state index in [0.29, 0.717) is 22.6 Å². The Hall–Kier alpha value is -3.12. The van der Waals surface area contributed by atoms with Gasteiger partial charge in [-0.3, -0.25) is 14.5 Å². The van der Waals surface area contributed by atoms with Crippen molar-refractivity contribution in [3.05, 3.63) is 65.4 Å². The first-order valence-corrected chi connectivity index (χ1v) is 8.62. The van der Waals surface area contributed by atoms with Crippen LogP contribution >= 0.6 is 0 Å². The Morgan fingerprint density at radius 1 is 1.00 bits per heavy atom. The molecule has 0 saturated carbocycles. The van der Waals surface area contributed by atoms with E-state index in [9.17, 15) is 9.59 Å².